The van der Waals surface area contributed by atoms with E-state index in [2.05, 4.69) is 10.3 Å². The fraction of sp³-hybridized carbons (Fsp3) is 0.400. The highest BCUT2D eigenvalue weighted by Gasteiger charge is 2.04. The average Bonchev–Trinajstić information content (AvgIpc) is 2.26. The molecule has 0 fully saturated rings. The lowest BCUT2D eigenvalue weighted by Gasteiger charge is -2.09. The van der Waals surface area contributed by atoms with Crippen LogP contribution in [0.15, 0.2) is 12.1 Å². The van der Waals surface area contributed by atoms with Crippen LogP contribution in [0.5, 0.6) is 5.88 Å². The van der Waals surface area contributed by atoms with Gasteiger partial charge in [0, 0.05) is 0 Å². The van der Waals surface area contributed by atoms with Crippen molar-refractivity contribution in [2.24, 2.45) is 0 Å². The number of nitrogens with two attached hydrogens (primary N) is 1. The lowest BCUT2D eigenvalue weighted by Crippen LogP contribution is -2.13. The van der Waals surface area contributed by atoms with Crippen molar-refractivity contribution in [3.8, 4) is 5.88 Å². The summed E-state index contributed by atoms with van der Waals surface area (Å²) in [6.07, 6.45) is 0.855. The first kappa shape index (κ1) is 12.1. The third-order valence-corrected chi connectivity index (χ3v) is 1.75. The molecule has 0 aliphatic carbocycles. The molecule has 0 aliphatic heterocycles. The first-order chi connectivity index (χ1) is 7.63. The van der Waals surface area contributed by atoms with Gasteiger partial charge in [0.05, 0.1) is 12.3 Å². The summed E-state index contributed by atoms with van der Waals surface area (Å²) in [7, 11) is 0. The second-order valence-corrected chi connectivity index (χ2v) is 3.19. The van der Waals surface area contributed by atoms with E-state index in [4.69, 9.17) is 15.6 Å². The van der Waals surface area contributed by atoms with Gasteiger partial charge in [0.15, 0.2) is 0 Å². The predicted octanol–water partition coefficient (Wildman–Crippen LogP) is 0.949. The summed E-state index contributed by atoms with van der Waals surface area (Å²) in [5, 5.41) is 11.1. The van der Waals surface area contributed by atoms with Gasteiger partial charge in [-0.1, -0.05) is 6.92 Å². The standard InChI is InChI=1S/C10H15N3O3/c1-2-5-16-10-7(11)3-4-8(13-10)12-6-9(14)15/h3-4H,2,5-6,11H2,1H3,(H,12,13)(H,14,15). The summed E-state index contributed by atoms with van der Waals surface area (Å²) in [5.41, 5.74) is 6.09. The molecule has 1 rings (SSSR count). The van der Waals surface area contributed by atoms with Crippen LogP contribution in [0, 0.1) is 0 Å². The topological polar surface area (TPSA) is 97.5 Å². The van der Waals surface area contributed by atoms with Gasteiger partial charge in [0.1, 0.15) is 12.4 Å². The number of nitrogens with one attached hydrogen (secondary N) is 1. The molecule has 1 heterocycles. The van der Waals surface area contributed by atoms with Crippen molar-refractivity contribution >= 4 is 17.5 Å². The minimum atomic E-state index is -0.949. The molecule has 0 bridgehead atoms. The minimum absolute atomic E-state index is 0.190. The van der Waals surface area contributed by atoms with E-state index in [0.29, 0.717) is 24.0 Å². The van der Waals surface area contributed by atoms with Crippen LogP contribution in [0.25, 0.3) is 0 Å². The molecule has 0 radical (unpaired) electrons. The number of aliphatic carboxylic acids is 1. The lowest BCUT2D eigenvalue weighted by molar-refractivity contribution is -0.134. The lowest BCUT2D eigenvalue weighted by atomic mass is 10.4. The summed E-state index contributed by atoms with van der Waals surface area (Å²) in [6.45, 7) is 2.31. The smallest absolute Gasteiger partial charge is 0.322 e. The highest BCUT2D eigenvalue weighted by molar-refractivity contribution is 5.72. The number of pyridine rings is 1. The van der Waals surface area contributed by atoms with Crippen molar-refractivity contribution in [3.63, 3.8) is 0 Å². The zero-order valence-corrected chi connectivity index (χ0v) is 9.06. The third-order valence-electron chi connectivity index (χ3n) is 1.75. The van der Waals surface area contributed by atoms with Crippen molar-refractivity contribution in [1.82, 2.24) is 4.98 Å². The average molecular weight is 225 g/mol. The van der Waals surface area contributed by atoms with Crippen LogP contribution in [0.2, 0.25) is 0 Å². The molecule has 0 atom stereocenters. The van der Waals surface area contributed by atoms with Gasteiger partial charge in [-0.3, -0.25) is 4.79 Å². The highest BCUT2D eigenvalue weighted by Crippen LogP contribution is 2.20. The molecule has 0 saturated carbocycles. The van der Waals surface area contributed by atoms with Crippen LogP contribution in [0.3, 0.4) is 0 Å². The quantitative estimate of drug-likeness (QED) is 0.666. The van der Waals surface area contributed by atoms with Crippen LogP contribution >= 0.6 is 0 Å². The normalized spacial score (nSPS) is 9.81. The first-order valence-corrected chi connectivity index (χ1v) is 4.98. The van der Waals surface area contributed by atoms with E-state index in [1.165, 1.54) is 0 Å². The van der Waals surface area contributed by atoms with Crippen molar-refractivity contribution in [3.05, 3.63) is 12.1 Å². The second-order valence-electron chi connectivity index (χ2n) is 3.19. The molecule has 0 spiro atoms. The van der Waals surface area contributed by atoms with Crippen LogP contribution in [-0.4, -0.2) is 29.2 Å². The van der Waals surface area contributed by atoms with Gasteiger partial charge in [-0.15, -0.1) is 0 Å². The Balaban J connectivity index is 2.68. The number of ether oxygens (including phenoxy) is 1. The van der Waals surface area contributed by atoms with Gasteiger partial charge in [-0.25, -0.2) is 0 Å². The van der Waals surface area contributed by atoms with Crippen LogP contribution in [0.1, 0.15) is 13.3 Å². The largest absolute Gasteiger partial charge is 0.480 e. The van der Waals surface area contributed by atoms with E-state index in [-0.39, 0.29) is 6.54 Å². The number of carboxylic acid groups (broad SMARTS) is 1. The number of hydrogen-bond donors (Lipinski definition) is 3. The Hall–Kier alpha value is -1.98. The Bertz CT molecular complexity index is 368. The fourth-order valence-corrected chi connectivity index (χ4v) is 1.03. The molecule has 1 aromatic heterocycles. The maximum atomic E-state index is 10.4. The van der Waals surface area contributed by atoms with Gasteiger partial charge in [-0.05, 0) is 18.6 Å². The van der Waals surface area contributed by atoms with Crippen LogP contribution in [0.4, 0.5) is 11.5 Å². The first-order valence-electron chi connectivity index (χ1n) is 4.98. The number of carboxylic acids is 1. The minimum Gasteiger partial charge on any atom is -0.480 e. The monoisotopic (exact) mass is 225 g/mol. The zero-order chi connectivity index (χ0) is 12.0. The van der Waals surface area contributed by atoms with Gasteiger partial charge in [0.2, 0.25) is 5.88 Å². The molecule has 6 nitrogen and oxygen atoms in total. The molecule has 1 aromatic rings. The molecule has 88 valence electrons. The second kappa shape index (κ2) is 5.79. The highest BCUT2D eigenvalue weighted by atomic mass is 16.5. The number of hydrogen-bond acceptors (Lipinski definition) is 5. The van der Waals surface area contributed by atoms with E-state index >= 15 is 0 Å². The summed E-state index contributed by atoms with van der Waals surface area (Å²) in [6, 6.07) is 3.24. The van der Waals surface area contributed by atoms with E-state index < -0.39 is 5.97 Å². The molecule has 0 aromatic carbocycles. The van der Waals surface area contributed by atoms with E-state index in [1.807, 2.05) is 6.92 Å². The third kappa shape index (κ3) is 3.64. The van der Waals surface area contributed by atoms with Gasteiger partial charge in [0.25, 0.3) is 0 Å². The maximum Gasteiger partial charge on any atom is 0.322 e. The molecule has 16 heavy (non-hydrogen) atoms. The SMILES string of the molecule is CCCOc1nc(NCC(=O)O)ccc1N. The van der Waals surface area contributed by atoms with E-state index in [1.54, 1.807) is 12.1 Å². The summed E-state index contributed by atoms with van der Waals surface area (Å²) in [5.74, 6) is -0.186. The Morgan fingerprint density at radius 3 is 3.00 bits per heavy atom. The van der Waals surface area contributed by atoms with Crippen LogP contribution < -0.4 is 15.8 Å². The van der Waals surface area contributed by atoms with Gasteiger partial charge in [-0.2, -0.15) is 4.98 Å². The number of anilines is 2. The zero-order valence-electron chi connectivity index (χ0n) is 9.06. The van der Waals surface area contributed by atoms with Gasteiger partial charge < -0.3 is 20.9 Å². The number of nitrogens with zero attached hydrogens (tertiary/aromatic N) is 1. The molecule has 4 N–H and O–H groups in total. The Morgan fingerprint density at radius 2 is 2.38 bits per heavy atom. The molecular formula is C10H15N3O3. The van der Waals surface area contributed by atoms with Crippen molar-refractivity contribution in [2.75, 3.05) is 24.2 Å². The maximum absolute atomic E-state index is 10.4. The summed E-state index contributed by atoms with van der Waals surface area (Å²) in [4.78, 5) is 14.4. The molecule has 0 amide bonds. The number of aromatic nitrogens is 1. The number of rotatable bonds is 6. The molecule has 6 heteroatoms. The summed E-state index contributed by atoms with van der Waals surface area (Å²) >= 11 is 0. The summed E-state index contributed by atoms with van der Waals surface area (Å²) < 4.78 is 5.31. The Morgan fingerprint density at radius 1 is 1.62 bits per heavy atom. The van der Waals surface area contributed by atoms with Crippen LogP contribution in [-0.2, 0) is 4.79 Å². The van der Waals surface area contributed by atoms with E-state index in [9.17, 15) is 4.79 Å². The fourth-order valence-electron chi connectivity index (χ4n) is 1.03. The molecule has 0 saturated heterocycles. The Kier molecular flexibility index (Phi) is 4.38. The van der Waals surface area contributed by atoms with E-state index in [0.717, 1.165) is 6.42 Å². The molecule has 0 aliphatic rings. The van der Waals surface area contributed by atoms with Gasteiger partial charge >= 0.3 is 5.97 Å². The number of carbonyl (C=O) groups is 1. The van der Waals surface area contributed by atoms with Crippen molar-refractivity contribution < 1.29 is 14.6 Å². The predicted molar refractivity (Wildman–Crippen MR) is 60.6 cm³/mol. The Labute approximate surface area is 93.4 Å². The van der Waals surface area contributed by atoms with Crippen molar-refractivity contribution in [2.45, 2.75) is 13.3 Å². The molecular weight excluding hydrogens is 210 g/mol. The molecule has 0 unspecified atom stereocenters. The number of nitrogen functional groups attached to an aromatic ring is 1. The van der Waals surface area contributed by atoms with Crippen molar-refractivity contribution in [1.29, 1.82) is 0 Å².